The van der Waals surface area contributed by atoms with Crippen molar-refractivity contribution < 1.29 is 33.7 Å². The van der Waals surface area contributed by atoms with Crippen molar-refractivity contribution in [3.63, 3.8) is 0 Å². The van der Waals surface area contributed by atoms with Crippen LogP contribution in [0.3, 0.4) is 0 Å². The van der Waals surface area contributed by atoms with Crippen molar-refractivity contribution in [2.45, 2.75) is 0 Å². The third kappa shape index (κ3) is 11.6. The third-order valence-electron chi connectivity index (χ3n) is 1.52. The van der Waals surface area contributed by atoms with Gasteiger partial charge >= 0.3 is 0 Å². The van der Waals surface area contributed by atoms with Crippen LogP contribution in [0.2, 0.25) is 0 Å². The second-order valence-electron chi connectivity index (χ2n) is 3.30. The summed E-state index contributed by atoms with van der Waals surface area (Å²) in [6.45, 7) is 0. The van der Waals surface area contributed by atoms with Crippen molar-refractivity contribution in [3.05, 3.63) is 35.9 Å². The molecular weight excluding hydrogens is 268 g/mol. The van der Waals surface area contributed by atoms with Crippen molar-refractivity contribution >= 4 is 16.7 Å². The molecule has 0 bridgehead atoms. The molecule has 0 atom stereocenters. The summed E-state index contributed by atoms with van der Waals surface area (Å²) in [7, 11) is -4.74. The number of ketones is 1. The number of carbonyl (C=O) groups excluding carboxylic acids is 1. The van der Waals surface area contributed by atoms with Gasteiger partial charge < -0.3 is 0 Å². The molecule has 0 spiro atoms. The highest BCUT2D eigenvalue weighted by molar-refractivity contribution is 7.96. The van der Waals surface area contributed by atoms with E-state index in [9.17, 15) is 4.79 Å². The molecule has 0 unspecified atom stereocenters. The van der Waals surface area contributed by atoms with Crippen LogP contribution >= 0.6 is 0 Å². The van der Waals surface area contributed by atoms with Crippen LogP contribution in [0.25, 0.3) is 0 Å². The van der Waals surface area contributed by atoms with Crippen molar-refractivity contribution in [2.24, 2.45) is 0 Å². The molecule has 0 aliphatic heterocycles. The molecule has 0 saturated carbocycles. The van der Waals surface area contributed by atoms with E-state index in [-0.39, 0.29) is 16.7 Å². The molecule has 5 nitrogen and oxygen atoms in total. The Labute approximate surface area is 105 Å². The molecule has 1 aromatic rings. The van der Waals surface area contributed by atoms with Crippen LogP contribution in [0.4, 0.5) is 0 Å². The lowest BCUT2D eigenvalue weighted by Gasteiger charge is -2.17. The van der Waals surface area contributed by atoms with Gasteiger partial charge in [-0.3, -0.25) is 4.79 Å². The van der Waals surface area contributed by atoms with Crippen LogP contribution in [-0.4, -0.2) is 24.0 Å². The maximum absolute atomic E-state index is 11.5. The van der Waals surface area contributed by atoms with E-state index >= 15 is 0 Å². The molecule has 17 heavy (non-hydrogen) atoms. The Kier molecular flexibility index (Phi) is 7.37. The first-order valence-corrected chi connectivity index (χ1v) is 7.89. The van der Waals surface area contributed by atoms with Crippen LogP contribution in [0.15, 0.2) is 30.3 Å². The smallest absolute Gasteiger partial charge is 0.211 e. The zero-order chi connectivity index (χ0) is 13.5. The number of halogens is 1. The van der Waals surface area contributed by atoms with Gasteiger partial charge in [0.15, 0.2) is 5.75 Å². The Bertz CT molecular complexity index is 330. The first-order valence-electron chi connectivity index (χ1n) is 4.44. The van der Waals surface area contributed by atoms with E-state index < -0.39 is 10.2 Å². The van der Waals surface area contributed by atoms with Gasteiger partial charge in [0.25, 0.3) is 0 Å². The molecule has 96 valence electrons. The summed E-state index contributed by atoms with van der Waals surface area (Å²) in [5.74, 6) is 0.924. The van der Waals surface area contributed by atoms with Gasteiger partial charge in [-0.25, -0.2) is 18.6 Å². The Morgan fingerprint density at radius 2 is 1.53 bits per heavy atom. The van der Waals surface area contributed by atoms with Crippen LogP contribution in [0, 0.1) is 10.2 Å². The summed E-state index contributed by atoms with van der Waals surface area (Å²) in [6, 6.07) is 9.46. The molecule has 0 aromatic heterocycles. The van der Waals surface area contributed by atoms with E-state index in [1.807, 2.05) is 30.3 Å². The molecule has 0 amide bonds. The Morgan fingerprint density at radius 1 is 1.12 bits per heavy atom. The highest BCUT2D eigenvalue weighted by atomic mass is 35.7. The van der Waals surface area contributed by atoms with E-state index in [2.05, 4.69) is 12.5 Å². The van der Waals surface area contributed by atoms with Crippen molar-refractivity contribution in [1.82, 2.24) is 0 Å². The number of hydrogen-bond acceptors (Lipinski definition) is 5. The summed E-state index contributed by atoms with van der Waals surface area (Å²) in [5, 5.41) is 0. The van der Waals surface area contributed by atoms with E-state index in [4.69, 9.17) is 18.6 Å². The Balaban J connectivity index is 0.000000437. The average Bonchev–Trinajstić information content (AvgIpc) is 2.15. The normalized spacial score (nSPS) is 10.8. The zero-order valence-electron chi connectivity index (χ0n) is 9.42. The molecule has 0 radical (unpaired) electrons. The Hall–Kier alpha value is -0.630. The minimum absolute atomic E-state index is 0.204. The zero-order valence-corrected chi connectivity index (χ0v) is 11.0. The van der Waals surface area contributed by atoms with Gasteiger partial charge in [-0.2, -0.15) is 0 Å². The summed E-state index contributed by atoms with van der Waals surface area (Å²) < 4.78 is 34.0. The minimum atomic E-state index is -4.94. The molecule has 0 N–H and O–H groups in total. The summed E-state index contributed by atoms with van der Waals surface area (Å²) in [6.07, 6.45) is 4.17. The van der Waals surface area contributed by atoms with Crippen LogP contribution < -0.4 is 18.6 Å². The highest BCUT2D eigenvalue weighted by Crippen LogP contribution is 2.01. The van der Waals surface area contributed by atoms with Crippen molar-refractivity contribution in [3.8, 4) is 0 Å². The monoisotopic (exact) mass is 280 g/mol. The second-order valence-corrected chi connectivity index (χ2v) is 6.31. The molecular formula is C10H13ClO5S. The van der Waals surface area contributed by atoms with Gasteiger partial charge in [0.2, 0.25) is 5.78 Å². The predicted octanol–water partition coefficient (Wildman–Crippen LogP) is -3.01. The topological polar surface area (TPSA) is 109 Å². The summed E-state index contributed by atoms with van der Waals surface area (Å²) in [5.41, 5.74) is 0.832. The maximum atomic E-state index is 11.5. The van der Waals surface area contributed by atoms with Gasteiger partial charge in [-0.1, -0.05) is 30.3 Å². The lowest BCUT2D eigenvalue weighted by Crippen LogP contribution is -2.68. The molecule has 7 heteroatoms. The number of carbonyl (C=O) groups is 1. The molecule has 0 saturated heterocycles. The van der Waals surface area contributed by atoms with Gasteiger partial charge in [-0.15, -0.1) is 10.2 Å². The third-order valence-corrected chi connectivity index (χ3v) is 2.36. The van der Waals surface area contributed by atoms with E-state index in [1.165, 1.54) is 0 Å². The molecule has 0 aliphatic rings. The van der Waals surface area contributed by atoms with Gasteiger partial charge in [0, 0.05) is 5.56 Å². The molecule has 1 rings (SSSR count). The van der Waals surface area contributed by atoms with Crippen LogP contribution in [-0.2, 0) is 10.9 Å². The summed E-state index contributed by atoms with van der Waals surface area (Å²) in [4.78, 5) is 11.5. The average molecular weight is 281 g/mol. The molecule has 0 fully saturated rings. The second kappa shape index (κ2) is 7.65. The largest absolute Gasteiger partial charge is 0.289 e. The van der Waals surface area contributed by atoms with Crippen LogP contribution in [0.1, 0.15) is 10.4 Å². The summed E-state index contributed by atoms with van der Waals surface area (Å²) >= 11 is 0. The minimum Gasteiger partial charge on any atom is -0.289 e. The SMILES string of the molecule is C[S+](C)CC(=O)c1ccccc1.[O-][Cl+3]([O-])([O-])[O-]. The Morgan fingerprint density at radius 3 is 1.88 bits per heavy atom. The van der Waals surface area contributed by atoms with E-state index in [0.717, 1.165) is 5.56 Å². The standard InChI is InChI=1S/C10H13OS.ClHO4/c1-12(2)8-10(11)9-6-4-3-5-7-9;2-1(3,4)5/h3-7H,8H2,1-2H3;(H,2,3,4,5)/q+1;/p-1. The van der Waals surface area contributed by atoms with Crippen molar-refractivity contribution in [1.29, 1.82) is 0 Å². The fraction of sp³-hybridized carbons (Fsp3) is 0.300. The number of hydrogen-bond donors (Lipinski definition) is 0. The first kappa shape index (κ1) is 16.4. The number of benzene rings is 1. The fourth-order valence-electron chi connectivity index (χ4n) is 0.970. The van der Waals surface area contributed by atoms with Crippen molar-refractivity contribution in [2.75, 3.05) is 18.3 Å². The van der Waals surface area contributed by atoms with E-state index in [1.54, 1.807) is 0 Å². The van der Waals surface area contributed by atoms with Gasteiger partial charge in [0.05, 0.1) is 12.5 Å². The molecule has 1 aromatic carbocycles. The maximum Gasteiger partial charge on any atom is 0.211 e. The van der Waals surface area contributed by atoms with Gasteiger partial charge in [0.1, 0.15) is 0 Å². The molecule has 0 aliphatic carbocycles. The number of Topliss-reactive ketones (excluding diaryl/α,β-unsaturated/α-hetero) is 1. The number of rotatable bonds is 3. The molecule has 0 heterocycles. The van der Waals surface area contributed by atoms with E-state index in [0.29, 0.717) is 5.75 Å². The predicted molar refractivity (Wildman–Crippen MR) is 54.9 cm³/mol. The fourth-order valence-corrected chi connectivity index (χ4v) is 1.66. The lowest BCUT2D eigenvalue weighted by molar-refractivity contribution is -2.00. The first-order chi connectivity index (χ1) is 7.70. The van der Waals surface area contributed by atoms with Gasteiger partial charge in [-0.05, 0) is 10.9 Å². The van der Waals surface area contributed by atoms with Crippen LogP contribution in [0.5, 0.6) is 0 Å². The lowest BCUT2D eigenvalue weighted by atomic mass is 10.2. The highest BCUT2D eigenvalue weighted by Gasteiger charge is 2.12. The quantitative estimate of drug-likeness (QED) is 0.433.